The number of hydrogen-bond donors (Lipinski definition) is 3. The molecule has 1 aromatic carbocycles. The first-order chi connectivity index (χ1) is 7.64. The highest BCUT2D eigenvalue weighted by molar-refractivity contribution is 14.2. The van der Waals surface area contributed by atoms with Crippen LogP contribution in [0.5, 0.6) is 5.75 Å². The summed E-state index contributed by atoms with van der Waals surface area (Å²) < 4.78 is 51.0. The zero-order chi connectivity index (χ0) is 13.4. The van der Waals surface area contributed by atoms with Crippen LogP contribution in [-0.4, -0.2) is 29.2 Å². The van der Waals surface area contributed by atoms with Gasteiger partial charge in [0.1, 0.15) is 14.9 Å². The smallest absolute Gasteiger partial charge is 0.344 e. The van der Waals surface area contributed by atoms with Gasteiger partial charge in [0, 0.05) is 0 Å². The van der Waals surface area contributed by atoms with Crippen molar-refractivity contribution < 1.29 is 34.1 Å². The number of hydrogen-bond acceptors (Lipinski definition) is 6. The number of halogens is 1. The van der Waals surface area contributed by atoms with Crippen molar-refractivity contribution in [3.05, 3.63) is 21.3 Å². The molecule has 1 aromatic rings. The van der Waals surface area contributed by atoms with E-state index >= 15 is 0 Å². The zero-order valence-electron chi connectivity index (χ0n) is 7.82. The molecule has 0 saturated carbocycles. The van der Waals surface area contributed by atoms with E-state index in [-0.39, 0.29) is 0 Å². The van der Waals surface area contributed by atoms with Crippen LogP contribution in [0.4, 0.5) is 0 Å². The lowest BCUT2D eigenvalue weighted by molar-refractivity contribution is 0.0693. The van der Waals surface area contributed by atoms with E-state index < -0.39 is 55.7 Å². The van der Waals surface area contributed by atoms with Crippen LogP contribution in [0.25, 0.3) is 0 Å². The van der Waals surface area contributed by atoms with Crippen molar-refractivity contribution in [3.63, 3.8) is 0 Å². The van der Waals surface area contributed by atoms with Crippen molar-refractivity contribution in [2.45, 2.75) is 4.90 Å². The average Bonchev–Trinajstić information content (AvgIpc) is 2.14. The van der Waals surface area contributed by atoms with E-state index in [0.29, 0.717) is 12.1 Å². The minimum Gasteiger partial charge on any atom is -0.506 e. The Hall–Kier alpha value is -1.27. The number of carboxylic acids is 1. The van der Waals surface area contributed by atoms with E-state index in [4.69, 9.17) is 9.66 Å². The Labute approximate surface area is 102 Å². The highest BCUT2D eigenvalue weighted by atomic mass is 127. The molecule has 0 radical (unpaired) electrons. The first kappa shape index (κ1) is 13.8. The summed E-state index contributed by atoms with van der Waals surface area (Å²) in [5.74, 6) is -2.76. The second kappa shape index (κ2) is 4.54. The Morgan fingerprint density at radius 2 is 1.76 bits per heavy atom. The molecule has 0 bridgehead atoms. The van der Waals surface area contributed by atoms with Gasteiger partial charge in [0.05, 0.1) is 4.90 Å². The Bertz CT molecular complexity index is 649. The summed E-state index contributed by atoms with van der Waals surface area (Å²) in [6, 6.07) is 0.970. The van der Waals surface area contributed by atoms with E-state index in [1.807, 2.05) is 0 Å². The molecule has 0 aromatic heterocycles. The van der Waals surface area contributed by atoms with Gasteiger partial charge in [0.25, 0.3) is 10.1 Å². The number of carboxylic acid groups (broad SMARTS) is 1. The van der Waals surface area contributed by atoms with Gasteiger partial charge in [-0.1, -0.05) is 0 Å². The molecule has 0 aliphatic rings. The van der Waals surface area contributed by atoms with Crippen LogP contribution in [0.15, 0.2) is 17.0 Å². The molecule has 10 heteroatoms. The lowest BCUT2D eigenvalue weighted by Gasteiger charge is -2.04. The molecule has 8 nitrogen and oxygen atoms in total. The molecule has 0 amide bonds. The van der Waals surface area contributed by atoms with E-state index in [0.717, 1.165) is 0 Å². The largest absolute Gasteiger partial charge is 0.506 e. The van der Waals surface area contributed by atoms with Gasteiger partial charge >= 0.3 is 25.8 Å². The predicted molar refractivity (Wildman–Crippen MR) is 59.0 cm³/mol. The topological polar surface area (TPSA) is 146 Å². The number of aromatic carboxylic acids is 1. The second-order valence-electron chi connectivity index (χ2n) is 2.80. The van der Waals surface area contributed by atoms with Gasteiger partial charge in [-0.3, -0.25) is 4.55 Å². The van der Waals surface area contributed by atoms with Crippen LogP contribution in [0.1, 0.15) is 10.4 Å². The molecule has 0 aliphatic carbocycles. The van der Waals surface area contributed by atoms with Crippen LogP contribution in [0.3, 0.4) is 0 Å². The monoisotopic (exact) mass is 376 g/mol. The van der Waals surface area contributed by atoms with Crippen LogP contribution in [-0.2, 0) is 16.3 Å². The molecule has 0 saturated heterocycles. The predicted octanol–water partition coefficient (Wildman–Crippen LogP) is 0.704. The highest BCUT2D eigenvalue weighted by Gasteiger charge is 2.22. The molecule has 94 valence electrons. The van der Waals surface area contributed by atoms with E-state index in [9.17, 15) is 24.5 Å². The maximum Gasteiger partial charge on any atom is 0.344 e. The Morgan fingerprint density at radius 3 is 2.12 bits per heavy atom. The molecule has 0 heterocycles. The summed E-state index contributed by atoms with van der Waals surface area (Å²) in [4.78, 5) is 9.75. The quantitative estimate of drug-likeness (QED) is 0.516. The number of benzene rings is 1. The minimum absolute atomic E-state index is 0.468. The fraction of sp³-hybridized carbons (Fsp3) is 0. The van der Waals surface area contributed by atoms with Gasteiger partial charge in [-0.25, -0.2) is 10.9 Å². The lowest BCUT2D eigenvalue weighted by Crippen LogP contribution is -2.04. The Balaban J connectivity index is 3.77. The number of rotatable bonds is 3. The van der Waals surface area contributed by atoms with Gasteiger partial charge in [-0.2, -0.15) is 8.42 Å². The molecular weight excluding hydrogens is 371 g/mol. The van der Waals surface area contributed by atoms with E-state index in [1.54, 1.807) is 0 Å². The molecule has 17 heavy (non-hydrogen) atoms. The number of phenols is 1. The third-order valence-electron chi connectivity index (χ3n) is 1.73. The maximum atomic E-state index is 10.8. The van der Waals surface area contributed by atoms with Crippen LogP contribution >= 0.6 is 19.8 Å². The third kappa shape index (κ3) is 2.89. The second-order valence-corrected chi connectivity index (χ2v) is 6.62. The Kier molecular flexibility index (Phi) is 3.68. The van der Waals surface area contributed by atoms with Crippen molar-refractivity contribution in [2.24, 2.45) is 0 Å². The van der Waals surface area contributed by atoms with Crippen molar-refractivity contribution in [1.29, 1.82) is 0 Å². The van der Waals surface area contributed by atoms with Gasteiger partial charge in [0.2, 0.25) is 0 Å². The van der Waals surface area contributed by atoms with E-state index in [2.05, 4.69) is 0 Å². The summed E-state index contributed by atoms with van der Waals surface area (Å²) in [5, 5.41) is 17.9. The first-order valence-corrected chi connectivity index (χ1v) is 8.05. The van der Waals surface area contributed by atoms with Crippen molar-refractivity contribution >= 4 is 35.9 Å². The van der Waals surface area contributed by atoms with E-state index in [1.165, 1.54) is 0 Å². The summed E-state index contributed by atoms with van der Waals surface area (Å²) in [6.07, 6.45) is 0. The third-order valence-corrected chi connectivity index (χ3v) is 4.33. The summed E-state index contributed by atoms with van der Waals surface area (Å²) >= 11 is -4.30. The summed E-state index contributed by atoms with van der Waals surface area (Å²) in [6.45, 7) is 0. The molecule has 0 unspecified atom stereocenters. The summed E-state index contributed by atoms with van der Waals surface area (Å²) in [5.41, 5.74) is -0.913. The van der Waals surface area contributed by atoms with Crippen LogP contribution in [0, 0.1) is 3.57 Å². The van der Waals surface area contributed by atoms with Crippen molar-refractivity contribution in [2.75, 3.05) is 0 Å². The Morgan fingerprint density at radius 1 is 1.24 bits per heavy atom. The molecule has 0 spiro atoms. The van der Waals surface area contributed by atoms with Gasteiger partial charge in [-0.15, -0.1) is 0 Å². The van der Waals surface area contributed by atoms with Crippen molar-refractivity contribution in [1.82, 2.24) is 0 Å². The lowest BCUT2D eigenvalue weighted by atomic mass is 10.2. The highest BCUT2D eigenvalue weighted by Crippen LogP contribution is 2.33. The number of aromatic hydroxyl groups is 1. The molecule has 1 rings (SSSR count). The first-order valence-electron chi connectivity index (χ1n) is 3.77. The van der Waals surface area contributed by atoms with Crippen molar-refractivity contribution in [3.8, 4) is 5.75 Å². The number of carbonyl (C=O) groups is 1. The minimum atomic E-state index is -4.76. The SMILES string of the molecule is O=C(O)c1cc(S(=O)(=O)O)cc(I(=O)=O)c1O. The fourth-order valence-electron chi connectivity index (χ4n) is 1.00. The summed E-state index contributed by atoms with van der Waals surface area (Å²) in [7, 11) is -4.76. The molecule has 3 N–H and O–H groups in total. The van der Waals surface area contributed by atoms with Gasteiger partial charge in [0.15, 0.2) is 0 Å². The van der Waals surface area contributed by atoms with Crippen LogP contribution < -0.4 is 0 Å². The molecular formula is C7H5IO8S. The van der Waals surface area contributed by atoms with Gasteiger partial charge < -0.3 is 10.2 Å². The zero-order valence-corrected chi connectivity index (χ0v) is 10.8. The maximum absolute atomic E-state index is 10.8. The fourth-order valence-corrected chi connectivity index (χ4v) is 3.05. The normalized spacial score (nSPS) is 11.6. The molecule has 0 aliphatic heterocycles. The molecule has 0 fully saturated rings. The standard InChI is InChI=1S/C7H5IO8S/c9-6-4(7(10)11)1-3(17(14,15)16)2-5(6)8(12)13/h1-2,9H,(H,10,11)(H,14,15,16). The molecule has 0 atom stereocenters. The van der Waals surface area contributed by atoms with Crippen LogP contribution in [0.2, 0.25) is 0 Å². The average molecular weight is 376 g/mol. The van der Waals surface area contributed by atoms with Gasteiger partial charge in [-0.05, 0) is 12.1 Å².